The maximum atomic E-state index is 12.9. The van der Waals surface area contributed by atoms with E-state index in [2.05, 4.69) is 26.2 Å². The second-order valence-corrected chi connectivity index (χ2v) is 6.51. The number of H-pyrrole nitrogens is 1. The average Bonchev–Trinajstić information content (AvgIpc) is 2.95. The first-order chi connectivity index (χ1) is 10.6. The maximum absolute atomic E-state index is 12.9. The lowest BCUT2D eigenvalue weighted by molar-refractivity contribution is 0.0739. The summed E-state index contributed by atoms with van der Waals surface area (Å²) in [5, 5.41) is 3.91. The minimum atomic E-state index is -0.248. The van der Waals surface area contributed by atoms with Gasteiger partial charge in [0.2, 0.25) is 5.56 Å². The fourth-order valence-corrected chi connectivity index (χ4v) is 3.47. The topological polar surface area (TPSA) is 65.2 Å². The summed E-state index contributed by atoms with van der Waals surface area (Å²) in [7, 11) is 1.89. The van der Waals surface area contributed by atoms with E-state index in [1.807, 2.05) is 30.1 Å². The Kier molecular flexibility index (Phi) is 4.31. The summed E-state index contributed by atoms with van der Waals surface area (Å²) >= 11 is 3.43. The molecule has 1 aromatic heterocycles. The van der Waals surface area contributed by atoms with Gasteiger partial charge in [-0.15, -0.1) is 0 Å². The van der Waals surface area contributed by atoms with Crippen molar-refractivity contribution in [3.8, 4) is 0 Å². The minimum absolute atomic E-state index is 0.0630. The molecule has 1 aliphatic heterocycles. The zero-order valence-corrected chi connectivity index (χ0v) is 13.9. The SMILES string of the molecule is CNCC1CCCN1C(=O)c1cc(=O)[nH]c2ccc(Br)cc12. The van der Waals surface area contributed by atoms with E-state index in [4.69, 9.17) is 0 Å². The van der Waals surface area contributed by atoms with Gasteiger partial charge in [0, 0.05) is 40.6 Å². The molecule has 0 saturated carbocycles. The minimum Gasteiger partial charge on any atom is -0.334 e. The number of nitrogens with zero attached hydrogens (tertiary/aromatic N) is 1. The highest BCUT2D eigenvalue weighted by Crippen LogP contribution is 2.25. The van der Waals surface area contributed by atoms with E-state index in [0.29, 0.717) is 11.1 Å². The van der Waals surface area contributed by atoms with E-state index < -0.39 is 0 Å². The van der Waals surface area contributed by atoms with Crippen LogP contribution in [0.1, 0.15) is 23.2 Å². The standard InChI is InChI=1S/C16H18BrN3O2/c1-18-9-11-3-2-6-20(11)16(22)13-8-15(21)19-14-5-4-10(17)7-12(13)14/h4-5,7-8,11,18H,2-3,6,9H2,1H3,(H,19,21). The molecule has 0 spiro atoms. The molecular weight excluding hydrogens is 346 g/mol. The average molecular weight is 364 g/mol. The number of carbonyl (C=O) groups excluding carboxylic acids is 1. The van der Waals surface area contributed by atoms with E-state index >= 15 is 0 Å². The van der Waals surface area contributed by atoms with Crippen molar-refractivity contribution >= 4 is 32.7 Å². The first-order valence-corrected chi connectivity index (χ1v) is 8.17. The third-order valence-corrected chi connectivity index (χ3v) is 4.61. The van der Waals surface area contributed by atoms with Gasteiger partial charge in [0.25, 0.3) is 5.91 Å². The number of fused-ring (bicyclic) bond motifs is 1. The van der Waals surface area contributed by atoms with Gasteiger partial charge in [0.05, 0.1) is 5.56 Å². The summed E-state index contributed by atoms with van der Waals surface area (Å²) in [4.78, 5) is 29.5. The Morgan fingerprint density at radius 1 is 1.45 bits per heavy atom. The maximum Gasteiger partial charge on any atom is 0.255 e. The van der Waals surface area contributed by atoms with Crippen molar-refractivity contribution in [2.45, 2.75) is 18.9 Å². The van der Waals surface area contributed by atoms with Crippen molar-refractivity contribution in [1.29, 1.82) is 0 Å². The van der Waals surface area contributed by atoms with Gasteiger partial charge in [0.1, 0.15) is 0 Å². The van der Waals surface area contributed by atoms with Gasteiger partial charge in [-0.1, -0.05) is 15.9 Å². The highest BCUT2D eigenvalue weighted by molar-refractivity contribution is 9.10. The molecule has 2 N–H and O–H groups in total. The number of pyridine rings is 1. The quantitative estimate of drug-likeness (QED) is 0.877. The number of likely N-dealkylation sites (tertiary alicyclic amines) is 1. The van der Waals surface area contributed by atoms with Gasteiger partial charge in [-0.3, -0.25) is 9.59 Å². The van der Waals surface area contributed by atoms with Crippen molar-refractivity contribution in [3.63, 3.8) is 0 Å². The van der Waals surface area contributed by atoms with E-state index in [-0.39, 0.29) is 17.5 Å². The molecule has 1 atom stereocenters. The van der Waals surface area contributed by atoms with Crippen LogP contribution in [-0.2, 0) is 0 Å². The molecule has 1 amide bonds. The van der Waals surface area contributed by atoms with E-state index in [9.17, 15) is 9.59 Å². The molecule has 2 heterocycles. The molecule has 2 aromatic rings. The fraction of sp³-hybridized carbons (Fsp3) is 0.375. The van der Waals surface area contributed by atoms with Gasteiger partial charge < -0.3 is 15.2 Å². The predicted octanol–water partition coefficient (Wildman–Crippen LogP) is 2.11. The first kappa shape index (κ1) is 15.2. The number of aromatic amines is 1. The van der Waals surface area contributed by atoms with Crippen LogP contribution in [-0.4, -0.2) is 42.0 Å². The summed E-state index contributed by atoms with van der Waals surface area (Å²) in [6, 6.07) is 7.14. The number of likely N-dealkylation sites (N-methyl/N-ethyl adjacent to an activating group) is 1. The summed E-state index contributed by atoms with van der Waals surface area (Å²) < 4.78 is 0.884. The van der Waals surface area contributed by atoms with Gasteiger partial charge in [-0.25, -0.2) is 0 Å². The zero-order chi connectivity index (χ0) is 15.7. The van der Waals surface area contributed by atoms with Crippen molar-refractivity contribution in [3.05, 3.63) is 44.7 Å². The summed E-state index contributed by atoms with van der Waals surface area (Å²) in [5.74, 6) is -0.0630. The Balaban J connectivity index is 2.07. The molecule has 0 aliphatic carbocycles. The van der Waals surface area contributed by atoms with Gasteiger partial charge in [-0.2, -0.15) is 0 Å². The molecule has 3 rings (SSSR count). The van der Waals surface area contributed by atoms with Crippen molar-refractivity contribution in [2.75, 3.05) is 20.1 Å². The number of hydrogen-bond acceptors (Lipinski definition) is 3. The third kappa shape index (κ3) is 2.80. The fourth-order valence-electron chi connectivity index (χ4n) is 3.11. The van der Waals surface area contributed by atoms with Crippen molar-refractivity contribution in [2.24, 2.45) is 0 Å². The number of carbonyl (C=O) groups is 1. The molecule has 1 aliphatic rings. The van der Waals surface area contributed by atoms with Crippen LogP contribution < -0.4 is 10.9 Å². The molecule has 0 radical (unpaired) electrons. The van der Waals surface area contributed by atoms with Crippen molar-refractivity contribution < 1.29 is 4.79 Å². The molecule has 22 heavy (non-hydrogen) atoms. The predicted molar refractivity (Wildman–Crippen MR) is 90.3 cm³/mol. The Morgan fingerprint density at radius 3 is 3.05 bits per heavy atom. The molecule has 1 fully saturated rings. The molecule has 0 bridgehead atoms. The van der Waals surface area contributed by atoms with Crippen LogP contribution in [0.4, 0.5) is 0 Å². The summed E-state index contributed by atoms with van der Waals surface area (Å²) in [5.41, 5.74) is 0.911. The monoisotopic (exact) mass is 363 g/mol. The van der Waals surface area contributed by atoms with E-state index in [1.165, 1.54) is 6.07 Å². The van der Waals surface area contributed by atoms with Gasteiger partial charge in [-0.05, 0) is 38.1 Å². The second kappa shape index (κ2) is 6.22. The molecule has 116 valence electrons. The van der Waals surface area contributed by atoms with Crippen LogP contribution in [0.25, 0.3) is 10.9 Å². The second-order valence-electron chi connectivity index (χ2n) is 5.59. The Morgan fingerprint density at radius 2 is 2.27 bits per heavy atom. The smallest absolute Gasteiger partial charge is 0.255 e. The van der Waals surface area contributed by atoms with E-state index in [0.717, 1.165) is 35.8 Å². The lowest BCUT2D eigenvalue weighted by Crippen LogP contribution is -2.41. The lowest BCUT2D eigenvalue weighted by Gasteiger charge is -2.25. The van der Waals surface area contributed by atoms with Crippen LogP contribution >= 0.6 is 15.9 Å². The Hall–Kier alpha value is -1.66. The third-order valence-electron chi connectivity index (χ3n) is 4.11. The van der Waals surface area contributed by atoms with Crippen LogP contribution in [0.5, 0.6) is 0 Å². The molecule has 6 heteroatoms. The number of benzene rings is 1. The number of amides is 1. The van der Waals surface area contributed by atoms with Crippen molar-refractivity contribution in [1.82, 2.24) is 15.2 Å². The Labute approximate surface area is 136 Å². The summed E-state index contributed by atoms with van der Waals surface area (Å²) in [6.45, 7) is 1.52. The van der Waals surface area contributed by atoms with Crippen LogP contribution in [0.15, 0.2) is 33.5 Å². The van der Waals surface area contributed by atoms with Crippen LogP contribution in [0.2, 0.25) is 0 Å². The molecule has 1 saturated heterocycles. The van der Waals surface area contributed by atoms with Gasteiger partial charge >= 0.3 is 0 Å². The highest BCUT2D eigenvalue weighted by atomic mass is 79.9. The zero-order valence-electron chi connectivity index (χ0n) is 12.4. The first-order valence-electron chi connectivity index (χ1n) is 7.38. The molecule has 1 aromatic carbocycles. The van der Waals surface area contributed by atoms with Crippen LogP contribution in [0, 0.1) is 0 Å². The van der Waals surface area contributed by atoms with Gasteiger partial charge in [0.15, 0.2) is 0 Å². The number of rotatable bonds is 3. The summed E-state index contributed by atoms with van der Waals surface area (Å²) in [6.07, 6.45) is 2.00. The number of halogens is 1. The number of aromatic nitrogens is 1. The number of nitrogens with one attached hydrogen (secondary N) is 2. The molecular formula is C16H18BrN3O2. The molecule has 5 nitrogen and oxygen atoms in total. The van der Waals surface area contributed by atoms with E-state index in [1.54, 1.807) is 0 Å². The molecule has 1 unspecified atom stereocenters. The largest absolute Gasteiger partial charge is 0.334 e. The highest BCUT2D eigenvalue weighted by Gasteiger charge is 2.29. The normalized spacial score (nSPS) is 18.1. The number of hydrogen-bond donors (Lipinski definition) is 2. The Bertz CT molecular complexity index is 772. The lowest BCUT2D eigenvalue weighted by atomic mass is 10.1. The van der Waals surface area contributed by atoms with Crippen LogP contribution in [0.3, 0.4) is 0 Å².